The van der Waals surface area contributed by atoms with E-state index in [1.54, 1.807) is 0 Å². The predicted octanol–water partition coefficient (Wildman–Crippen LogP) is -0.0429. The second-order valence-electron chi connectivity index (χ2n) is 3.93. The molecule has 0 radical (unpaired) electrons. The molecule has 0 atom stereocenters. The molecule has 20 heavy (non-hydrogen) atoms. The van der Waals surface area contributed by atoms with Crippen molar-refractivity contribution in [3.05, 3.63) is 45.0 Å². The van der Waals surface area contributed by atoms with Crippen molar-refractivity contribution in [1.82, 2.24) is 19.1 Å². The summed E-state index contributed by atoms with van der Waals surface area (Å²) < 4.78 is 2.32. The summed E-state index contributed by atoms with van der Waals surface area (Å²) in [5.74, 6) is -0.798. The van der Waals surface area contributed by atoms with Crippen LogP contribution in [0, 0.1) is 20.2 Å². The lowest BCUT2D eigenvalue weighted by Gasteiger charge is -2.09. The van der Waals surface area contributed by atoms with Gasteiger partial charge in [-0.05, 0) is 9.85 Å². The van der Waals surface area contributed by atoms with Gasteiger partial charge in [-0.3, -0.25) is 0 Å². The first-order chi connectivity index (χ1) is 9.49. The Bertz CT molecular complexity index is 580. The molecule has 11 heteroatoms. The van der Waals surface area contributed by atoms with Crippen LogP contribution in [-0.4, -0.2) is 40.2 Å². The van der Waals surface area contributed by atoms with Crippen LogP contribution in [0.3, 0.4) is 0 Å². The molecule has 0 spiro atoms. The van der Waals surface area contributed by atoms with Gasteiger partial charge in [-0.1, -0.05) is 9.97 Å². The summed E-state index contributed by atoms with van der Waals surface area (Å²) in [7, 11) is 0. The molecule has 0 saturated carbocycles. The Kier molecular flexibility index (Phi) is 3.70. The van der Waals surface area contributed by atoms with E-state index in [-0.39, 0.29) is 13.1 Å². The molecule has 0 fully saturated rings. The molecule has 0 amide bonds. The highest BCUT2D eigenvalue weighted by molar-refractivity contribution is 5.08. The van der Waals surface area contributed by atoms with Crippen LogP contribution in [0.2, 0.25) is 0 Å². The van der Waals surface area contributed by atoms with Crippen LogP contribution in [0.1, 0.15) is 0 Å². The standard InChI is InChI=1S/C9H10N6O5/c16-7(5-12-3-1-10-8(12)14(17)18)6-13-4-2-11-9(13)15(19)20/h1-4,7,16H,5-6H2. The van der Waals surface area contributed by atoms with Gasteiger partial charge in [-0.25, -0.2) is 9.13 Å². The van der Waals surface area contributed by atoms with Crippen molar-refractivity contribution in [2.75, 3.05) is 0 Å². The number of rotatable bonds is 6. The van der Waals surface area contributed by atoms with Crippen molar-refractivity contribution in [3.63, 3.8) is 0 Å². The minimum atomic E-state index is -1.06. The molecule has 2 aromatic rings. The highest BCUT2D eigenvalue weighted by Crippen LogP contribution is 2.12. The normalized spacial score (nSPS) is 10.9. The maximum atomic E-state index is 10.7. The Morgan fingerprint density at radius 1 is 1.05 bits per heavy atom. The molecule has 106 valence electrons. The van der Waals surface area contributed by atoms with Gasteiger partial charge in [-0.15, -0.1) is 0 Å². The smallest absolute Gasteiger partial charge is 0.390 e. The van der Waals surface area contributed by atoms with Crippen LogP contribution < -0.4 is 0 Å². The zero-order valence-corrected chi connectivity index (χ0v) is 10.1. The number of hydrogen-bond donors (Lipinski definition) is 1. The molecule has 0 unspecified atom stereocenters. The van der Waals surface area contributed by atoms with Gasteiger partial charge in [0.2, 0.25) is 0 Å². The van der Waals surface area contributed by atoms with Crippen molar-refractivity contribution in [2.45, 2.75) is 19.2 Å². The van der Waals surface area contributed by atoms with Crippen LogP contribution in [0.15, 0.2) is 24.8 Å². The van der Waals surface area contributed by atoms with E-state index in [0.29, 0.717) is 0 Å². The van der Waals surface area contributed by atoms with Crippen LogP contribution in [0.25, 0.3) is 0 Å². The van der Waals surface area contributed by atoms with Gasteiger partial charge in [0.05, 0.1) is 0 Å². The summed E-state index contributed by atoms with van der Waals surface area (Å²) in [5.41, 5.74) is 0. The largest absolute Gasteiger partial charge is 0.434 e. The molecular weight excluding hydrogens is 272 g/mol. The number of hydrogen-bond acceptors (Lipinski definition) is 7. The van der Waals surface area contributed by atoms with Gasteiger partial charge in [0.1, 0.15) is 44.0 Å². The van der Waals surface area contributed by atoms with Crippen molar-refractivity contribution >= 4 is 11.9 Å². The third-order valence-corrected chi connectivity index (χ3v) is 2.53. The summed E-state index contributed by atoms with van der Waals surface area (Å²) in [5, 5.41) is 31.2. The van der Waals surface area contributed by atoms with Crippen LogP contribution in [0.4, 0.5) is 11.9 Å². The van der Waals surface area contributed by atoms with E-state index < -0.39 is 27.8 Å². The number of nitro groups is 2. The fourth-order valence-electron chi connectivity index (χ4n) is 1.74. The number of aromatic nitrogens is 4. The lowest BCUT2D eigenvalue weighted by Crippen LogP contribution is -2.23. The Hall–Kier alpha value is -2.82. The van der Waals surface area contributed by atoms with E-state index >= 15 is 0 Å². The summed E-state index contributed by atoms with van der Waals surface area (Å²) in [6.45, 7) is -0.211. The third-order valence-electron chi connectivity index (χ3n) is 2.53. The van der Waals surface area contributed by atoms with Gasteiger partial charge < -0.3 is 25.3 Å². The first-order valence-corrected chi connectivity index (χ1v) is 5.48. The van der Waals surface area contributed by atoms with Crippen molar-refractivity contribution in [2.24, 2.45) is 0 Å². The summed E-state index contributed by atoms with van der Waals surface area (Å²) >= 11 is 0. The maximum Gasteiger partial charge on any atom is 0.434 e. The molecule has 0 aliphatic carbocycles. The Labute approximate surface area is 111 Å². The monoisotopic (exact) mass is 282 g/mol. The highest BCUT2D eigenvalue weighted by atomic mass is 16.6. The summed E-state index contributed by atoms with van der Waals surface area (Å²) in [6.07, 6.45) is 4.12. The highest BCUT2D eigenvalue weighted by Gasteiger charge is 2.21. The zero-order chi connectivity index (χ0) is 14.7. The second-order valence-corrected chi connectivity index (χ2v) is 3.93. The molecule has 2 rings (SSSR count). The van der Waals surface area contributed by atoms with Crippen molar-refractivity contribution < 1.29 is 15.0 Å². The molecular formula is C9H10N6O5. The van der Waals surface area contributed by atoms with Gasteiger partial charge >= 0.3 is 11.9 Å². The minimum absolute atomic E-state index is 0.106. The fraction of sp³-hybridized carbons (Fsp3) is 0.333. The number of nitrogens with zero attached hydrogens (tertiary/aromatic N) is 6. The molecule has 11 nitrogen and oxygen atoms in total. The first kappa shape index (κ1) is 13.6. The molecule has 0 bridgehead atoms. The maximum absolute atomic E-state index is 10.7. The minimum Gasteiger partial charge on any atom is -0.390 e. The molecule has 0 aliphatic heterocycles. The first-order valence-electron chi connectivity index (χ1n) is 5.48. The van der Waals surface area contributed by atoms with Gasteiger partial charge in [0.15, 0.2) is 0 Å². The van der Waals surface area contributed by atoms with E-state index in [4.69, 9.17) is 0 Å². The van der Waals surface area contributed by atoms with Crippen molar-refractivity contribution in [3.8, 4) is 0 Å². The lowest BCUT2D eigenvalue weighted by atomic mass is 10.3. The molecule has 1 N–H and O–H groups in total. The third kappa shape index (κ3) is 2.77. The second kappa shape index (κ2) is 5.44. The molecule has 0 aromatic carbocycles. The van der Waals surface area contributed by atoms with Crippen LogP contribution in [-0.2, 0) is 13.1 Å². The van der Waals surface area contributed by atoms with Gasteiger partial charge in [0.25, 0.3) is 0 Å². The average Bonchev–Trinajstić information content (AvgIpc) is 2.97. The SMILES string of the molecule is O=[N+]([O-])c1nccn1CC(O)Cn1ccnc1[N+](=O)[O-]. The zero-order valence-electron chi connectivity index (χ0n) is 10.1. The van der Waals surface area contributed by atoms with Gasteiger partial charge in [-0.2, -0.15) is 0 Å². The summed E-state index contributed by atoms with van der Waals surface area (Å²) in [4.78, 5) is 27.0. The number of imidazole rings is 2. The Balaban J connectivity index is 2.07. The van der Waals surface area contributed by atoms with E-state index in [9.17, 15) is 25.3 Å². The molecule has 2 heterocycles. The van der Waals surface area contributed by atoms with E-state index in [1.165, 1.54) is 24.8 Å². The number of aliphatic hydroxyl groups excluding tert-OH is 1. The molecule has 0 saturated heterocycles. The Morgan fingerprint density at radius 2 is 1.45 bits per heavy atom. The lowest BCUT2D eigenvalue weighted by molar-refractivity contribution is -0.397. The quantitative estimate of drug-likeness (QED) is 0.578. The number of aliphatic hydroxyl groups is 1. The molecule has 0 aliphatic rings. The van der Waals surface area contributed by atoms with Crippen LogP contribution in [0.5, 0.6) is 0 Å². The van der Waals surface area contributed by atoms with Crippen LogP contribution >= 0.6 is 0 Å². The predicted molar refractivity (Wildman–Crippen MR) is 63.8 cm³/mol. The fourth-order valence-corrected chi connectivity index (χ4v) is 1.74. The van der Waals surface area contributed by atoms with Crippen molar-refractivity contribution in [1.29, 1.82) is 0 Å². The van der Waals surface area contributed by atoms with E-state index in [1.807, 2.05) is 0 Å². The Morgan fingerprint density at radius 3 is 1.80 bits per heavy atom. The average molecular weight is 282 g/mol. The van der Waals surface area contributed by atoms with E-state index in [0.717, 1.165) is 9.13 Å². The van der Waals surface area contributed by atoms with Gasteiger partial charge in [0, 0.05) is 0 Å². The summed E-state index contributed by atoms with van der Waals surface area (Å²) in [6, 6.07) is 0. The topological polar surface area (TPSA) is 142 Å². The van der Waals surface area contributed by atoms with E-state index in [2.05, 4.69) is 9.97 Å². The molecule has 2 aromatic heterocycles.